The maximum atomic E-state index is 11.3. The Morgan fingerprint density at radius 3 is 2.87 bits per heavy atom. The summed E-state index contributed by atoms with van der Waals surface area (Å²) >= 11 is 9.40. The second-order valence-corrected chi connectivity index (χ2v) is 10.3. The molecule has 7 heteroatoms. The minimum atomic E-state index is -0.953. The molecule has 0 radical (unpaired) electrons. The van der Waals surface area contributed by atoms with Gasteiger partial charge in [0.1, 0.15) is 16.7 Å². The van der Waals surface area contributed by atoms with Crippen LogP contribution in [0, 0.1) is 15.4 Å². The van der Waals surface area contributed by atoms with Crippen LogP contribution in [0.3, 0.4) is 0 Å². The fourth-order valence-electron chi connectivity index (χ4n) is 2.69. The zero-order valence-corrected chi connectivity index (χ0v) is 22.1. The van der Waals surface area contributed by atoms with Gasteiger partial charge in [0.15, 0.2) is 6.10 Å². The number of halogens is 3. The molecule has 1 aliphatic carbocycles. The zero-order chi connectivity index (χ0) is 22.1. The molecular weight excluding hydrogens is 627 g/mol. The number of carboxylic acids is 1. The highest BCUT2D eigenvalue weighted by atomic mass is 127. The number of benzene rings is 1. The largest absolute Gasteiger partial charge is 0.488 e. The summed E-state index contributed by atoms with van der Waals surface area (Å²) in [5.41, 5.74) is 1.83. The molecule has 0 saturated heterocycles. The van der Waals surface area contributed by atoms with Gasteiger partial charge < -0.3 is 14.6 Å². The van der Waals surface area contributed by atoms with Crippen LogP contribution in [0.25, 0.3) is 0 Å². The van der Waals surface area contributed by atoms with Gasteiger partial charge in [-0.25, -0.2) is 4.79 Å². The smallest absolute Gasteiger partial charge is 0.333 e. The van der Waals surface area contributed by atoms with Gasteiger partial charge in [-0.2, -0.15) is 0 Å². The summed E-state index contributed by atoms with van der Waals surface area (Å²) in [6, 6.07) is 5.66. The van der Waals surface area contributed by atoms with E-state index in [4.69, 9.17) is 9.47 Å². The minimum Gasteiger partial charge on any atom is -0.488 e. The van der Waals surface area contributed by atoms with Crippen LogP contribution >= 0.6 is 54.5 Å². The molecule has 0 saturated carbocycles. The Bertz CT molecular complexity index is 927. The normalized spacial score (nSPS) is 19.5. The van der Waals surface area contributed by atoms with Crippen molar-refractivity contribution >= 4 is 60.4 Å². The van der Waals surface area contributed by atoms with E-state index in [1.165, 1.54) is 0 Å². The van der Waals surface area contributed by atoms with Crippen LogP contribution < -0.4 is 4.74 Å². The highest BCUT2D eigenvalue weighted by molar-refractivity contribution is 14.1. The third-order valence-corrected chi connectivity index (χ3v) is 6.35. The Kier molecular flexibility index (Phi) is 10.1. The van der Waals surface area contributed by atoms with Crippen LogP contribution in [0.1, 0.15) is 25.8 Å². The van der Waals surface area contributed by atoms with Gasteiger partial charge in [-0.1, -0.05) is 68.0 Å². The van der Waals surface area contributed by atoms with E-state index < -0.39 is 12.1 Å². The van der Waals surface area contributed by atoms with E-state index in [1.54, 1.807) is 6.92 Å². The molecule has 0 aromatic heterocycles. The topological polar surface area (TPSA) is 55.8 Å². The quantitative estimate of drug-likeness (QED) is 0.213. The van der Waals surface area contributed by atoms with E-state index in [9.17, 15) is 9.90 Å². The van der Waals surface area contributed by atoms with Crippen molar-refractivity contribution in [1.29, 1.82) is 0 Å². The van der Waals surface area contributed by atoms with Gasteiger partial charge in [-0.15, -0.1) is 0 Å². The second-order valence-electron chi connectivity index (χ2n) is 6.71. The molecule has 1 aliphatic rings. The van der Waals surface area contributed by atoms with Gasteiger partial charge in [0.05, 0.1) is 3.57 Å². The SMILES string of the molecule is CCO[C@@H](Cc1ccc(OCC=C(C)C#CC2(Br)C=CC=C(Br)C2)c(I)c1)C(=O)O. The third-order valence-electron chi connectivity index (χ3n) is 4.22. The summed E-state index contributed by atoms with van der Waals surface area (Å²) in [4.78, 5) is 11.3. The van der Waals surface area contributed by atoms with Crippen molar-refractivity contribution in [3.8, 4) is 17.6 Å². The molecule has 0 amide bonds. The molecule has 1 aromatic carbocycles. The monoisotopic (exact) mass is 648 g/mol. The number of carbonyl (C=O) groups is 1. The van der Waals surface area contributed by atoms with Crippen molar-refractivity contribution in [3.05, 3.63) is 61.7 Å². The molecule has 1 N–H and O–H groups in total. The Morgan fingerprint density at radius 2 is 2.23 bits per heavy atom. The van der Waals surface area contributed by atoms with Gasteiger partial charge in [-0.05, 0) is 70.3 Å². The summed E-state index contributed by atoms with van der Waals surface area (Å²) < 4.78 is 12.8. The number of allylic oxidation sites excluding steroid dienone is 5. The summed E-state index contributed by atoms with van der Waals surface area (Å²) in [5, 5.41) is 9.23. The first-order chi connectivity index (χ1) is 14.2. The number of rotatable bonds is 8. The average molecular weight is 650 g/mol. The number of ether oxygens (including phenoxy) is 2. The van der Waals surface area contributed by atoms with Crippen LogP contribution in [0.4, 0.5) is 0 Å². The number of carboxylic acid groups (broad SMARTS) is 1. The summed E-state index contributed by atoms with van der Waals surface area (Å²) in [6.07, 6.45) is 8.26. The molecule has 0 aliphatic heterocycles. The average Bonchev–Trinajstić information content (AvgIpc) is 2.67. The van der Waals surface area contributed by atoms with Crippen LogP contribution in [0.15, 0.2) is 52.6 Å². The van der Waals surface area contributed by atoms with Crippen molar-refractivity contribution in [2.75, 3.05) is 13.2 Å². The highest BCUT2D eigenvalue weighted by Gasteiger charge is 2.23. The Balaban J connectivity index is 1.95. The fourth-order valence-corrected chi connectivity index (χ4v) is 4.95. The molecule has 0 heterocycles. The molecule has 0 bridgehead atoms. The first kappa shape index (κ1) is 25.2. The van der Waals surface area contributed by atoms with Gasteiger partial charge in [0.2, 0.25) is 0 Å². The van der Waals surface area contributed by atoms with E-state index in [0.29, 0.717) is 19.6 Å². The van der Waals surface area contributed by atoms with Gasteiger partial charge in [-0.3, -0.25) is 0 Å². The Hall–Kier alpha value is -1.08. The molecule has 4 nitrogen and oxygen atoms in total. The summed E-state index contributed by atoms with van der Waals surface area (Å²) in [6.45, 7) is 4.51. The first-order valence-electron chi connectivity index (χ1n) is 9.41. The van der Waals surface area contributed by atoms with E-state index in [2.05, 4.69) is 66.3 Å². The Morgan fingerprint density at radius 1 is 1.47 bits per heavy atom. The lowest BCUT2D eigenvalue weighted by Crippen LogP contribution is -2.26. The van der Waals surface area contributed by atoms with E-state index in [0.717, 1.165) is 31.4 Å². The number of aliphatic carboxylic acids is 1. The van der Waals surface area contributed by atoms with Crippen LogP contribution in [-0.4, -0.2) is 34.7 Å². The molecule has 2 atom stereocenters. The molecule has 1 aromatic rings. The van der Waals surface area contributed by atoms with E-state index in [-0.39, 0.29) is 4.32 Å². The molecule has 0 fully saturated rings. The number of hydrogen-bond donors (Lipinski definition) is 1. The van der Waals surface area contributed by atoms with Crippen molar-refractivity contribution in [3.63, 3.8) is 0 Å². The third kappa shape index (κ3) is 8.22. The molecule has 1 unspecified atom stereocenters. The lowest BCUT2D eigenvalue weighted by atomic mass is 10.0. The van der Waals surface area contributed by atoms with Crippen LogP contribution in [0.5, 0.6) is 5.75 Å². The van der Waals surface area contributed by atoms with Crippen molar-refractivity contribution < 1.29 is 19.4 Å². The lowest BCUT2D eigenvalue weighted by molar-refractivity contribution is -0.149. The van der Waals surface area contributed by atoms with Crippen molar-refractivity contribution in [2.24, 2.45) is 0 Å². The van der Waals surface area contributed by atoms with Crippen molar-refractivity contribution in [1.82, 2.24) is 0 Å². The zero-order valence-electron chi connectivity index (χ0n) is 16.8. The summed E-state index contributed by atoms with van der Waals surface area (Å²) in [7, 11) is 0. The molecule has 160 valence electrons. The van der Waals surface area contributed by atoms with E-state index in [1.807, 2.05) is 49.4 Å². The molecule has 30 heavy (non-hydrogen) atoms. The van der Waals surface area contributed by atoms with Gasteiger partial charge >= 0.3 is 5.97 Å². The van der Waals surface area contributed by atoms with Crippen LogP contribution in [0.2, 0.25) is 0 Å². The highest BCUT2D eigenvalue weighted by Crippen LogP contribution is 2.33. The maximum absolute atomic E-state index is 11.3. The second kappa shape index (κ2) is 12.1. The predicted molar refractivity (Wildman–Crippen MR) is 135 cm³/mol. The summed E-state index contributed by atoms with van der Waals surface area (Å²) in [5.74, 6) is 6.24. The van der Waals surface area contributed by atoms with Crippen molar-refractivity contribution in [2.45, 2.75) is 37.1 Å². The molecule has 0 spiro atoms. The number of alkyl halides is 1. The van der Waals surface area contributed by atoms with Gasteiger partial charge in [0, 0.05) is 19.4 Å². The van der Waals surface area contributed by atoms with Crippen LogP contribution in [-0.2, 0) is 16.0 Å². The minimum absolute atomic E-state index is 0.322. The molecular formula is C23H23Br2IO4. The number of hydrogen-bond acceptors (Lipinski definition) is 3. The first-order valence-corrected chi connectivity index (χ1v) is 12.1. The van der Waals surface area contributed by atoms with Gasteiger partial charge in [0.25, 0.3) is 0 Å². The van der Waals surface area contributed by atoms with E-state index >= 15 is 0 Å². The maximum Gasteiger partial charge on any atom is 0.333 e. The molecule has 2 rings (SSSR count). The fraction of sp³-hybridized carbons (Fsp3) is 0.348. The standard InChI is InChI=1S/C23H23Br2IO4/c1-3-29-21(22(27)28)14-17-6-7-20(19(26)13-17)30-12-9-16(2)8-11-23(25)10-4-5-18(24)15-23/h4-7,9-10,13,21H,3,12,14-15H2,1-2H3,(H,27,28)/t21-,23?/m0/s1. The predicted octanol–water partition coefficient (Wildman–Crippen LogP) is 6.02. The Labute approximate surface area is 208 Å². The lowest BCUT2D eigenvalue weighted by Gasteiger charge is -2.19.